The molecule has 2 N–H and O–H groups in total. The van der Waals surface area contributed by atoms with Gasteiger partial charge in [-0.3, -0.25) is 0 Å². The van der Waals surface area contributed by atoms with E-state index >= 15 is 0 Å². The smallest absolute Gasteiger partial charge is 0.0428 e. The van der Waals surface area contributed by atoms with E-state index < -0.39 is 0 Å². The van der Waals surface area contributed by atoms with Crippen molar-refractivity contribution in [1.82, 2.24) is 5.32 Å². The number of hydrogen-bond donors (Lipinski definition) is 2. The topological polar surface area (TPSA) is 24.1 Å². The Morgan fingerprint density at radius 2 is 1.84 bits per heavy atom. The molecule has 0 saturated heterocycles. The molecule has 2 aromatic rings. The molecule has 0 amide bonds. The molecule has 0 fully saturated rings. The first kappa shape index (κ1) is 14.4. The molecule has 1 aromatic heterocycles. The number of rotatable bonds is 9. The van der Waals surface area contributed by atoms with Crippen molar-refractivity contribution in [3.05, 3.63) is 29.6 Å². The minimum absolute atomic E-state index is 1.06. The van der Waals surface area contributed by atoms with Crippen molar-refractivity contribution < 1.29 is 0 Å². The number of unbranched alkanes of at least 4 members (excludes halogenated alkanes) is 2. The van der Waals surface area contributed by atoms with Crippen LogP contribution in [0.3, 0.4) is 0 Å². The molecule has 0 unspecified atom stereocenters. The monoisotopic (exact) mass is 276 g/mol. The molecule has 1 heterocycles. The Bertz CT molecular complexity index is 478. The predicted octanol–water partition coefficient (Wildman–Crippen LogP) is 4.48. The number of benzene rings is 1. The third kappa shape index (κ3) is 4.51. The van der Waals surface area contributed by atoms with Crippen LogP contribution in [0.5, 0.6) is 0 Å². The van der Waals surface area contributed by atoms with Gasteiger partial charge in [-0.15, -0.1) is 11.3 Å². The predicted molar refractivity (Wildman–Crippen MR) is 87.3 cm³/mol. The van der Waals surface area contributed by atoms with Crippen LogP contribution in [0.4, 0.5) is 5.69 Å². The second kappa shape index (κ2) is 8.18. The minimum Gasteiger partial charge on any atom is -0.385 e. The Morgan fingerprint density at radius 1 is 1.00 bits per heavy atom. The van der Waals surface area contributed by atoms with Crippen molar-refractivity contribution >= 4 is 27.1 Å². The van der Waals surface area contributed by atoms with Gasteiger partial charge in [0.25, 0.3) is 0 Å². The van der Waals surface area contributed by atoms with Gasteiger partial charge >= 0.3 is 0 Å². The van der Waals surface area contributed by atoms with Crippen LogP contribution in [0.1, 0.15) is 32.6 Å². The van der Waals surface area contributed by atoms with E-state index in [9.17, 15) is 0 Å². The van der Waals surface area contributed by atoms with E-state index in [0.29, 0.717) is 0 Å². The second-order valence-corrected chi connectivity index (χ2v) is 5.82. The van der Waals surface area contributed by atoms with Crippen LogP contribution < -0.4 is 10.6 Å². The van der Waals surface area contributed by atoms with Crippen LogP contribution in [-0.4, -0.2) is 19.6 Å². The van der Waals surface area contributed by atoms with Crippen molar-refractivity contribution in [2.24, 2.45) is 0 Å². The summed E-state index contributed by atoms with van der Waals surface area (Å²) in [5, 5.41) is 10.6. The van der Waals surface area contributed by atoms with Gasteiger partial charge in [-0.1, -0.05) is 19.4 Å². The van der Waals surface area contributed by atoms with Gasteiger partial charge in [-0.05, 0) is 55.9 Å². The summed E-state index contributed by atoms with van der Waals surface area (Å²) >= 11 is 1.81. The summed E-state index contributed by atoms with van der Waals surface area (Å²) in [6, 6.07) is 8.69. The fourth-order valence-electron chi connectivity index (χ4n) is 2.17. The normalized spacial score (nSPS) is 11.0. The molecule has 0 bridgehead atoms. The summed E-state index contributed by atoms with van der Waals surface area (Å²) in [6.45, 7) is 5.60. The van der Waals surface area contributed by atoms with E-state index in [-0.39, 0.29) is 0 Å². The summed E-state index contributed by atoms with van der Waals surface area (Å²) in [5.41, 5.74) is 1.28. The quantitative estimate of drug-likeness (QED) is 0.660. The van der Waals surface area contributed by atoms with Crippen molar-refractivity contribution in [2.45, 2.75) is 32.6 Å². The molecule has 0 atom stereocenters. The minimum atomic E-state index is 1.06. The average Bonchev–Trinajstić information content (AvgIpc) is 2.91. The zero-order valence-electron chi connectivity index (χ0n) is 11.7. The molecule has 104 valence electrons. The lowest BCUT2D eigenvalue weighted by atomic mass is 10.2. The second-order valence-electron chi connectivity index (χ2n) is 4.88. The zero-order chi connectivity index (χ0) is 13.3. The number of nitrogens with one attached hydrogen (secondary N) is 2. The zero-order valence-corrected chi connectivity index (χ0v) is 12.6. The molecule has 2 nitrogen and oxygen atoms in total. The number of thiophene rings is 1. The van der Waals surface area contributed by atoms with E-state index in [2.05, 4.69) is 47.2 Å². The third-order valence-corrected chi connectivity index (χ3v) is 4.18. The Labute approximate surface area is 120 Å². The van der Waals surface area contributed by atoms with Crippen LogP contribution in [0, 0.1) is 0 Å². The highest BCUT2D eigenvalue weighted by Crippen LogP contribution is 2.27. The molecule has 0 aliphatic rings. The molecule has 0 aliphatic carbocycles. The maximum Gasteiger partial charge on any atom is 0.0428 e. The lowest BCUT2D eigenvalue weighted by molar-refractivity contribution is 0.606. The number of anilines is 1. The van der Waals surface area contributed by atoms with Crippen LogP contribution >= 0.6 is 11.3 Å². The Hall–Kier alpha value is -1.06. The summed E-state index contributed by atoms with van der Waals surface area (Å²) in [7, 11) is 0. The van der Waals surface area contributed by atoms with Crippen LogP contribution in [-0.2, 0) is 0 Å². The molecule has 2 rings (SSSR count). The molecule has 0 spiro atoms. The van der Waals surface area contributed by atoms with Gasteiger partial charge in [0.05, 0.1) is 0 Å². The maximum atomic E-state index is 3.55. The highest BCUT2D eigenvalue weighted by molar-refractivity contribution is 7.17. The molecule has 1 aromatic carbocycles. The lowest BCUT2D eigenvalue weighted by Gasteiger charge is -2.08. The van der Waals surface area contributed by atoms with E-state index in [1.54, 1.807) is 11.3 Å². The van der Waals surface area contributed by atoms with Crippen molar-refractivity contribution in [2.75, 3.05) is 25.0 Å². The summed E-state index contributed by atoms with van der Waals surface area (Å²) in [5.74, 6) is 0. The summed E-state index contributed by atoms with van der Waals surface area (Å²) in [4.78, 5) is 0. The SMILES string of the molecule is CCCCNCCCCNc1cccc2sccc12. The van der Waals surface area contributed by atoms with Gasteiger partial charge in [0.2, 0.25) is 0 Å². The lowest BCUT2D eigenvalue weighted by Crippen LogP contribution is -2.17. The largest absolute Gasteiger partial charge is 0.385 e. The third-order valence-electron chi connectivity index (χ3n) is 3.30. The van der Waals surface area contributed by atoms with Crippen LogP contribution in [0.15, 0.2) is 29.6 Å². The first-order valence-corrected chi connectivity index (χ1v) is 8.20. The summed E-state index contributed by atoms with van der Waals surface area (Å²) in [6.07, 6.45) is 5.04. The Balaban J connectivity index is 1.64. The maximum absolute atomic E-state index is 3.55. The standard InChI is InChI=1S/C16H24N2S/c1-2-3-10-17-11-4-5-12-18-15-7-6-8-16-14(15)9-13-19-16/h6-9,13,17-18H,2-5,10-12H2,1H3. The van der Waals surface area contributed by atoms with Gasteiger partial charge in [0.15, 0.2) is 0 Å². The summed E-state index contributed by atoms with van der Waals surface area (Å²) < 4.78 is 1.37. The first-order valence-electron chi connectivity index (χ1n) is 7.32. The highest BCUT2D eigenvalue weighted by Gasteiger charge is 2.00. The Morgan fingerprint density at radius 3 is 2.74 bits per heavy atom. The molecular weight excluding hydrogens is 252 g/mol. The van der Waals surface area contributed by atoms with E-state index in [0.717, 1.165) is 19.6 Å². The number of fused-ring (bicyclic) bond motifs is 1. The number of hydrogen-bond acceptors (Lipinski definition) is 3. The van der Waals surface area contributed by atoms with E-state index in [1.165, 1.54) is 41.5 Å². The average molecular weight is 276 g/mol. The Kier molecular flexibility index (Phi) is 6.18. The van der Waals surface area contributed by atoms with Crippen molar-refractivity contribution in [3.8, 4) is 0 Å². The molecule has 3 heteroatoms. The van der Waals surface area contributed by atoms with Gasteiger partial charge in [0, 0.05) is 22.3 Å². The van der Waals surface area contributed by atoms with Crippen LogP contribution in [0.25, 0.3) is 10.1 Å². The molecule has 0 aliphatic heterocycles. The van der Waals surface area contributed by atoms with Gasteiger partial charge in [0.1, 0.15) is 0 Å². The van der Waals surface area contributed by atoms with Crippen LogP contribution in [0.2, 0.25) is 0 Å². The fraction of sp³-hybridized carbons (Fsp3) is 0.500. The van der Waals surface area contributed by atoms with Gasteiger partial charge < -0.3 is 10.6 Å². The highest BCUT2D eigenvalue weighted by atomic mass is 32.1. The van der Waals surface area contributed by atoms with Crippen molar-refractivity contribution in [3.63, 3.8) is 0 Å². The van der Waals surface area contributed by atoms with E-state index in [4.69, 9.17) is 0 Å². The fourth-order valence-corrected chi connectivity index (χ4v) is 2.99. The van der Waals surface area contributed by atoms with Gasteiger partial charge in [-0.25, -0.2) is 0 Å². The molecule has 0 radical (unpaired) electrons. The molecular formula is C16H24N2S. The molecule has 0 saturated carbocycles. The first-order chi connectivity index (χ1) is 9.42. The molecule has 19 heavy (non-hydrogen) atoms. The van der Waals surface area contributed by atoms with Crippen molar-refractivity contribution in [1.29, 1.82) is 0 Å². The van der Waals surface area contributed by atoms with E-state index in [1.807, 2.05) is 0 Å². The van der Waals surface area contributed by atoms with Gasteiger partial charge in [-0.2, -0.15) is 0 Å².